The zero-order valence-electron chi connectivity index (χ0n) is 11.8. The molecule has 105 valence electrons. The first-order valence-electron chi connectivity index (χ1n) is 7.19. The molecule has 1 aromatic heterocycles. The average molecular weight is 303 g/mol. The van der Waals surface area contributed by atoms with E-state index in [0.29, 0.717) is 0 Å². The van der Waals surface area contributed by atoms with Crippen LogP contribution in [-0.4, -0.2) is 4.98 Å². The van der Waals surface area contributed by atoms with E-state index in [-0.39, 0.29) is 0 Å². The second-order valence-electron chi connectivity index (χ2n) is 5.25. The number of rotatable bonds is 2. The van der Waals surface area contributed by atoms with Crippen LogP contribution in [0.15, 0.2) is 72.8 Å². The molecule has 1 aliphatic carbocycles. The van der Waals surface area contributed by atoms with E-state index < -0.39 is 0 Å². The van der Waals surface area contributed by atoms with E-state index in [2.05, 4.69) is 48.9 Å². The lowest BCUT2D eigenvalue weighted by atomic mass is 9.99. The van der Waals surface area contributed by atoms with E-state index in [1.165, 1.54) is 16.5 Å². The van der Waals surface area contributed by atoms with E-state index in [9.17, 15) is 0 Å². The zero-order valence-corrected chi connectivity index (χ0v) is 12.6. The minimum Gasteiger partial charge on any atom is -0.248 e. The molecule has 0 amide bonds. The summed E-state index contributed by atoms with van der Waals surface area (Å²) in [6.45, 7) is 0. The van der Waals surface area contributed by atoms with Crippen LogP contribution in [0, 0.1) is 6.42 Å². The molecule has 0 unspecified atom stereocenters. The van der Waals surface area contributed by atoms with Crippen molar-refractivity contribution < 1.29 is 0 Å². The van der Waals surface area contributed by atoms with E-state index in [1.807, 2.05) is 30.3 Å². The van der Waals surface area contributed by atoms with Crippen LogP contribution in [-0.2, 0) is 0 Å². The molecule has 0 aliphatic heterocycles. The third-order valence-corrected chi connectivity index (χ3v) is 4.08. The highest BCUT2D eigenvalue weighted by Crippen LogP contribution is 2.32. The molecule has 0 N–H and O–H groups in total. The molecule has 0 saturated heterocycles. The van der Waals surface area contributed by atoms with Gasteiger partial charge in [0.05, 0.1) is 11.2 Å². The van der Waals surface area contributed by atoms with Crippen molar-refractivity contribution in [1.82, 2.24) is 4.98 Å². The van der Waals surface area contributed by atoms with E-state index in [4.69, 9.17) is 16.6 Å². The maximum Gasteiger partial charge on any atom is 0.0715 e. The lowest BCUT2D eigenvalue weighted by molar-refractivity contribution is 1.39. The number of pyridine rings is 1. The molecular formula is C20H13ClN. The first-order chi connectivity index (χ1) is 10.8. The van der Waals surface area contributed by atoms with Gasteiger partial charge in [0.15, 0.2) is 0 Å². The van der Waals surface area contributed by atoms with Crippen LogP contribution in [0.2, 0.25) is 5.02 Å². The van der Waals surface area contributed by atoms with Crippen LogP contribution in [0.25, 0.3) is 27.7 Å². The average Bonchev–Trinajstić information content (AvgIpc) is 3.09. The van der Waals surface area contributed by atoms with Gasteiger partial charge in [0.1, 0.15) is 0 Å². The Morgan fingerprint density at radius 1 is 0.909 bits per heavy atom. The van der Waals surface area contributed by atoms with Crippen LogP contribution < -0.4 is 0 Å². The van der Waals surface area contributed by atoms with E-state index in [0.717, 1.165) is 21.8 Å². The minimum absolute atomic E-state index is 0.737. The standard InChI is InChI=1S/C20H13ClN/c21-16-11-9-15(10-12-16)20-13-18(14-5-1-2-6-14)17-7-3-4-8-19(17)22-20/h1-13H. The first-order valence-corrected chi connectivity index (χ1v) is 7.57. The second-order valence-corrected chi connectivity index (χ2v) is 5.69. The topological polar surface area (TPSA) is 12.9 Å². The van der Waals surface area contributed by atoms with Gasteiger partial charge in [-0.15, -0.1) is 0 Å². The molecular weight excluding hydrogens is 290 g/mol. The lowest BCUT2D eigenvalue weighted by Gasteiger charge is -2.10. The van der Waals surface area contributed by atoms with Gasteiger partial charge in [-0.05, 0) is 35.4 Å². The Morgan fingerprint density at radius 2 is 1.73 bits per heavy atom. The van der Waals surface area contributed by atoms with Crippen molar-refractivity contribution >= 4 is 28.1 Å². The van der Waals surface area contributed by atoms with Crippen LogP contribution in [0.5, 0.6) is 0 Å². The van der Waals surface area contributed by atoms with Gasteiger partial charge in [-0.2, -0.15) is 0 Å². The molecule has 2 aromatic carbocycles. The Bertz CT molecular complexity index is 905. The van der Waals surface area contributed by atoms with Gasteiger partial charge in [-0.25, -0.2) is 4.98 Å². The zero-order chi connectivity index (χ0) is 14.9. The van der Waals surface area contributed by atoms with Gasteiger partial charge in [0.25, 0.3) is 0 Å². The molecule has 22 heavy (non-hydrogen) atoms. The number of allylic oxidation sites excluding steroid dienone is 4. The highest BCUT2D eigenvalue weighted by Gasteiger charge is 2.11. The number of aromatic nitrogens is 1. The first kappa shape index (κ1) is 13.3. The Kier molecular flexibility index (Phi) is 3.28. The van der Waals surface area contributed by atoms with Gasteiger partial charge < -0.3 is 0 Å². The molecule has 0 bridgehead atoms. The summed E-state index contributed by atoms with van der Waals surface area (Å²) >= 11 is 5.99. The van der Waals surface area contributed by atoms with E-state index in [1.54, 1.807) is 0 Å². The molecule has 1 nitrogen and oxygen atoms in total. The fourth-order valence-corrected chi connectivity index (χ4v) is 2.86. The van der Waals surface area contributed by atoms with Crippen molar-refractivity contribution in [2.45, 2.75) is 0 Å². The molecule has 0 saturated carbocycles. The minimum atomic E-state index is 0.737. The largest absolute Gasteiger partial charge is 0.248 e. The van der Waals surface area contributed by atoms with Gasteiger partial charge in [0, 0.05) is 22.4 Å². The summed E-state index contributed by atoms with van der Waals surface area (Å²) < 4.78 is 0. The fourth-order valence-electron chi connectivity index (χ4n) is 2.74. The highest BCUT2D eigenvalue weighted by atomic mass is 35.5. The molecule has 3 aromatic rings. The number of benzene rings is 2. The van der Waals surface area contributed by atoms with Crippen molar-refractivity contribution in [3.63, 3.8) is 0 Å². The third kappa shape index (κ3) is 2.34. The number of halogens is 1. The summed E-state index contributed by atoms with van der Waals surface area (Å²) in [5.41, 5.74) is 5.47. The van der Waals surface area contributed by atoms with Crippen molar-refractivity contribution in [3.8, 4) is 11.3 Å². The van der Waals surface area contributed by atoms with Crippen molar-refractivity contribution in [2.75, 3.05) is 0 Å². The third-order valence-electron chi connectivity index (χ3n) is 3.83. The smallest absolute Gasteiger partial charge is 0.0715 e. The van der Waals surface area contributed by atoms with Crippen LogP contribution >= 0.6 is 11.6 Å². The highest BCUT2D eigenvalue weighted by molar-refractivity contribution is 6.30. The van der Waals surface area contributed by atoms with Crippen LogP contribution in [0.3, 0.4) is 0 Å². The molecule has 0 atom stereocenters. The normalized spacial score (nSPS) is 13.6. The van der Waals surface area contributed by atoms with Gasteiger partial charge >= 0.3 is 0 Å². The molecule has 1 heterocycles. The summed E-state index contributed by atoms with van der Waals surface area (Å²) in [6, 6.07) is 18.2. The van der Waals surface area contributed by atoms with Gasteiger partial charge in [0.2, 0.25) is 0 Å². The number of fused-ring (bicyclic) bond motifs is 1. The maximum atomic E-state index is 5.99. The lowest BCUT2D eigenvalue weighted by Crippen LogP contribution is -1.91. The Labute approximate surface area is 134 Å². The molecule has 0 fully saturated rings. The molecule has 0 spiro atoms. The Balaban J connectivity index is 1.97. The molecule has 2 heteroatoms. The SMILES string of the molecule is Clc1ccc(-c2cc(C3=C[CH]C=C3)c3ccccc3n2)cc1. The van der Waals surface area contributed by atoms with Crippen LogP contribution in [0.4, 0.5) is 0 Å². The summed E-state index contributed by atoms with van der Waals surface area (Å²) in [4.78, 5) is 4.80. The van der Waals surface area contributed by atoms with Crippen molar-refractivity contribution in [1.29, 1.82) is 0 Å². The molecule has 4 rings (SSSR count). The fraction of sp³-hybridized carbons (Fsp3) is 0. The maximum absolute atomic E-state index is 5.99. The van der Waals surface area contributed by atoms with Gasteiger partial charge in [-0.3, -0.25) is 0 Å². The quantitative estimate of drug-likeness (QED) is 0.590. The number of nitrogens with zero attached hydrogens (tertiary/aromatic N) is 1. The predicted octanol–water partition coefficient (Wildman–Crippen LogP) is 5.71. The summed E-state index contributed by atoms with van der Waals surface area (Å²) in [5, 5.41) is 1.91. The predicted molar refractivity (Wildman–Crippen MR) is 93.6 cm³/mol. The number of para-hydroxylation sites is 1. The molecule has 1 radical (unpaired) electrons. The van der Waals surface area contributed by atoms with Crippen LogP contribution in [0.1, 0.15) is 5.56 Å². The second kappa shape index (κ2) is 5.43. The van der Waals surface area contributed by atoms with Crippen molar-refractivity contribution in [3.05, 3.63) is 89.8 Å². The van der Waals surface area contributed by atoms with Crippen molar-refractivity contribution in [2.24, 2.45) is 0 Å². The monoisotopic (exact) mass is 302 g/mol. The number of hydrogen-bond donors (Lipinski definition) is 0. The summed E-state index contributed by atoms with van der Waals surface area (Å²) in [6.07, 6.45) is 8.39. The Morgan fingerprint density at radius 3 is 2.50 bits per heavy atom. The van der Waals surface area contributed by atoms with Gasteiger partial charge in [-0.1, -0.05) is 60.2 Å². The van der Waals surface area contributed by atoms with E-state index >= 15 is 0 Å². The summed E-state index contributed by atoms with van der Waals surface area (Å²) in [7, 11) is 0. The number of hydrogen-bond acceptors (Lipinski definition) is 1. The molecule has 1 aliphatic rings. The summed E-state index contributed by atoms with van der Waals surface area (Å²) in [5.74, 6) is 0. The Hall–Kier alpha value is -2.38.